The van der Waals surface area contributed by atoms with Gasteiger partial charge in [0.1, 0.15) is 0 Å². The molecule has 0 amide bonds. The predicted octanol–water partition coefficient (Wildman–Crippen LogP) is 3.57. The molecule has 2 nitrogen and oxygen atoms in total. The SMILES string of the molecule is CCN(c1ccc(CN)cc1Cl)C1CCCC1. The van der Waals surface area contributed by atoms with Gasteiger partial charge in [-0.25, -0.2) is 0 Å². The molecule has 0 aliphatic heterocycles. The molecule has 0 unspecified atom stereocenters. The minimum absolute atomic E-state index is 0.551. The van der Waals surface area contributed by atoms with Crippen LogP contribution in [0.25, 0.3) is 0 Å². The maximum atomic E-state index is 6.36. The third-order valence-corrected chi connectivity index (χ3v) is 3.97. The molecule has 17 heavy (non-hydrogen) atoms. The molecule has 1 aromatic carbocycles. The van der Waals surface area contributed by atoms with Crippen LogP contribution in [0.3, 0.4) is 0 Å². The number of halogens is 1. The molecule has 94 valence electrons. The highest BCUT2D eigenvalue weighted by Crippen LogP contribution is 2.33. The maximum Gasteiger partial charge on any atom is 0.0642 e. The third-order valence-electron chi connectivity index (χ3n) is 3.66. The fraction of sp³-hybridized carbons (Fsp3) is 0.571. The summed E-state index contributed by atoms with van der Waals surface area (Å²) in [6.07, 6.45) is 5.28. The first-order chi connectivity index (χ1) is 8.26. The van der Waals surface area contributed by atoms with Crippen LogP contribution in [0.15, 0.2) is 18.2 Å². The van der Waals surface area contributed by atoms with E-state index < -0.39 is 0 Å². The van der Waals surface area contributed by atoms with Crippen molar-refractivity contribution in [1.29, 1.82) is 0 Å². The monoisotopic (exact) mass is 252 g/mol. The lowest BCUT2D eigenvalue weighted by Gasteiger charge is -2.30. The van der Waals surface area contributed by atoms with Gasteiger partial charge in [0.15, 0.2) is 0 Å². The van der Waals surface area contributed by atoms with E-state index in [-0.39, 0.29) is 0 Å². The molecule has 0 atom stereocenters. The second-order valence-corrected chi connectivity index (χ2v) is 5.12. The lowest BCUT2D eigenvalue weighted by Crippen LogP contribution is -2.33. The van der Waals surface area contributed by atoms with E-state index >= 15 is 0 Å². The zero-order valence-corrected chi connectivity index (χ0v) is 11.2. The van der Waals surface area contributed by atoms with Gasteiger partial charge in [0, 0.05) is 19.1 Å². The molecule has 0 saturated heterocycles. The molecular weight excluding hydrogens is 232 g/mol. The summed E-state index contributed by atoms with van der Waals surface area (Å²) in [4.78, 5) is 2.44. The molecule has 2 N–H and O–H groups in total. The third kappa shape index (κ3) is 2.75. The molecule has 0 spiro atoms. The average molecular weight is 253 g/mol. The van der Waals surface area contributed by atoms with Gasteiger partial charge >= 0.3 is 0 Å². The first-order valence-corrected chi connectivity index (χ1v) is 6.89. The van der Waals surface area contributed by atoms with Crippen molar-refractivity contribution in [2.75, 3.05) is 11.4 Å². The number of nitrogens with zero attached hydrogens (tertiary/aromatic N) is 1. The van der Waals surface area contributed by atoms with Gasteiger partial charge in [-0.1, -0.05) is 30.5 Å². The van der Waals surface area contributed by atoms with Crippen LogP contribution in [0.4, 0.5) is 5.69 Å². The number of hydrogen-bond donors (Lipinski definition) is 1. The van der Waals surface area contributed by atoms with Crippen molar-refractivity contribution in [2.24, 2.45) is 5.73 Å². The minimum Gasteiger partial charge on any atom is -0.368 e. The predicted molar refractivity (Wildman–Crippen MR) is 74.6 cm³/mol. The summed E-state index contributed by atoms with van der Waals surface area (Å²) in [7, 11) is 0. The van der Waals surface area contributed by atoms with Crippen LogP contribution in [0, 0.1) is 0 Å². The van der Waals surface area contributed by atoms with E-state index in [2.05, 4.69) is 24.0 Å². The highest BCUT2D eigenvalue weighted by atomic mass is 35.5. The Morgan fingerprint density at radius 3 is 2.59 bits per heavy atom. The van der Waals surface area contributed by atoms with Crippen molar-refractivity contribution in [3.05, 3.63) is 28.8 Å². The summed E-state index contributed by atoms with van der Waals surface area (Å²) >= 11 is 6.36. The van der Waals surface area contributed by atoms with Gasteiger partial charge in [0.25, 0.3) is 0 Å². The molecule has 0 heterocycles. The lowest BCUT2D eigenvalue weighted by molar-refractivity contribution is 0.620. The first kappa shape index (κ1) is 12.7. The normalized spacial score (nSPS) is 16.4. The van der Waals surface area contributed by atoms with Gasteiger partial charge in [-0.05, 0) is 37.5 Å². The first-order valence-electron chi connectivity index (χ1n) is 6.51. The van der Waals surface area contributed by atoms with Crippen LogP contribution in [0.1, 0.15) is 38.2 Å². The second kappa shape index (κ2) is 5.74. The van der Waals surface area contributed by atoms with Crippen LogP contribution >= 0.6 is 11.6 Å². The molecule has 0 aromatic heterocycles. The van der Waals surface area contributed by atoms with Gasteiger partial charge in [0.05, 0.1) is 10.7 Å². The summed E-state index contributed by atoms with van der Waals surface area (Å²) in [6, 6.07) is 6.86. The molecule has 1 aliphatic carbocycles. The van der Waals surface area contributed by atoms with E-state index in [1.165, 1.54) is 31.4 Å². The highest BCUT2D eigenvalue weighted by Gasteiger charge is 2.22. The Morgan fingerprint density at radius 2 is 2.06 bits per heavy atom. The quantitative estimate of drug-likeness (QED) is 0.888. The van der Waals surface area contributed by atoms with Gasteiger partial charge in [-0.15, -0.1) is 0 Å². The zero-order chi connectivity index (χ0) is 12.3. The van der Waals surface area contributed by atoms with Crippen molar-refractivity contribution in [3.63, 3.8) is 0 Å². The number of rotatable bonds is 4. The fourth-order valence-electron chi connectivity index (χ4n) is 2.75. The molecule has 0 bridgehead atoms. The molecule has 1 aromatic rings. The summed E-state index contributed by atoms with van der Waals surface area (Å²) < 4.78 is 0. The van der Waals surface area contributed by atoms with Crippen LogP contribution in [0.5, 0.6) is 0 Å². The Kier molecular flexibility index (Phi) is 4.30. The number of benzene rings is 1. The van der Waals surface area contributed by atoms with Crippen LogP contribution in [-0.2, 0) is 6.54 Å². The van der Waals surface area contributed by atoms with E-state index in [4.69, 9.17) is 17.3 Å². The van der Waals surface area contributed by atoms with Crippen molar-refractivity contribution < 1.29 is 0 Å². The summed E-state index contributed by atoms with van der Waals surface area (Å²) in [5, 5.41) is 0.835. The molecule has 1 aliphatic rings. The van der Waals surface area contributed by atoms with Crippen molar-refractivity contribution >= 4 is 17.3 Å². The lowest BCUT2D eigenvalue weighted by atomic mass is 10.1. The van der Waals surface area contributed by atoms with Crippen molar-refractivity contribution in [2.45, 2.75) is 45.2 Å². The average Bonchev–Trinajstić information content (AvgIpc) is 2.85. The number of hydrogen-bond acceptors (Lipinski definition) is 2. The second-order valence-electron chi connectivity index (χ2n) is 4.71. The zero-order valence-electron chi connectivity index (χ0n) is 10.5. The Hall–Kier alpha value is -0.730. The smallest absolute Gasteiger partial charge is 0.0642 e. The fourth-order valence-corrected chi connectivity index (χ4v) is 3.06. The summed E-state index contributed by atoms with van der Waals surface area (Å²) in [5.74, 6) is 0. The Balaban J connectivity index is 2.23. The number of anilines is 1. The molecule has 2 rings (SSSR count). The highest BCUT2D eigenvalue weighted by molar-refractivity contribution is 6.33. The van der Waals surface area contributed by atoms with E-state index in [9.17, 15) is 0 Å². The van der Waals surface area contributed by atoms with E-state index in [0.29, 0.717) is 12.6 Å². The van der Waals surface area contributed by atoms with Crippen LogP contribution in [0.2, 0.25) is 5.02 Å². The van der Waals surface area contributed by atoms with Gasteiger partial charge < -0.3 is 10.6 Å². The van der Waals surface area contributed by atoms with Gasteiger partial charge in [-0.2, -0.15) is 0 Å². The summed E-state index contributed by atoms with van der Waals surface area (Å²) in [6.45, 7) is 3.77. The van der Waals surface area contributed by atoms with E-state index in [0.717, 1.165) is 17.1 Å². The van der Waals surface area contributed by atoms with Gasteiger partial charge in [-0.3, -0.25) is 0 Å². The molecule has 3 heteroatoms. The van der Waals surface area contributed by atoms with Crippen molar-refractivity contribution in [3.8, 4) is 0 Å². The standard InChI is InChI=1S/C14H21ClN2/c1-2-17(12-5-3-4-6-12)14-8-7-11(10-16)9-13(14)15/h7-9,12H,2-6,10,16H2,1H3. The summed E-state index contributed by atoms with van der Waals surface area (Å²) in [5.41, 5.74) is 7.89. The van der Waals surface area contributed by atoms with Gasteiger partial charge in [0.2, 0.25) is 0 Å². The largest absolute Gasteiger partial charge is 0.368 e. The molecule has 1 fully saturated rings. The Morgan fingerprint density at radius 1 is 1.35 bits per heavy atom. The minimum atomic E-state index is 0.551. The van der Waals surface area contributed by atoms with Crippen LogP contribution in [-0.4, -0.2) is 12.6 Å². The number of nitrogens with two attached hydrogens (primary N) is 1. The van der Waals surface area contributed by atoms with E-state index in [1.54, 1.807) is 0 Å². The molecule has 0 radical (unpaired) electrons. The Bertz CT molecular complexity index is 372. The van der Waals surface area contributed by atoms with E-state index in [1.807, 2.05) is 6.07 Å². The maximum absolute atomic E-state index is 6.36. The Labute approximate surface area is 109 Å². The topological polar surface area (TPSA) is 29.3 Å². The molecular formula is C14H21ClN2. The van der Waals surface area contributed by atoms with Crippen LogP contribution < -0.4 is 10.6 Å². The molecule has 1 saturated carbocycles. The van der Waals surface area contributed by atoms with Crippen molar-refractivity contribution in [1.82, 2.24) is 0 Å².